The number of likely N-dealkylation sites (N-methyl/N-ethyl adjacent to an activating group) is 2. The lowest BCUT2D eigenvalue weighted by molar-refractivity contribution is -0.129. The Labute approximate surface area is 101 Å². The molecule has 0 aliphatic heterocycles. The van der Waals surface area contributed by atoms with E-state index in [0.29, 0.717) is 5.75 Å². The van der Waals surface area contributed by atoms with Crippen molar-refractivity contribution < 1.29 is 14.3 Å². The van der Waals surface area contributed by atoms with Crippen LogP contribution >= 0.6 is 0 Å². The molecule has 1 aromatic carbocycles. The van der Waals surface area contributed by atoms with Gasteiger partial charge in [0.05, 0.1) is 0 Å². The van der Waals surface area contributed by atoms with Crippen molar-refractivity contribution in [1.29, 1.82) is 0 Å². The summed E-state index contributed by atoms with van der Waals surface area (Å²) < 4.78 is 5.07. The van der Waals surface area contributed by atoms with E-state index in [1.54, 1.807) is 38.4 Å². The Morgan fingerprint density at radius 1 is 1.12 bits per heavy atom. The highest BCUT2D eigenvalue weighted by molar-refractivity contribution is 5.82. The Morgan fingerprint density at radius 2 is 1.71 bits per heavy atom. The van der Waals surface area contributed by atoms with Gasteiger partial charge in [0.25, 0.3) is 0 Å². The molecule has 0 saturated carbocycles. The number of carbonyl (C=O) groups excluding carboxylic acids is 2. The first kappa shape index (κ1) is 13.0. The van der Waals surface area contributed by atoms with Crippen molar-refractivity contribution in [1.82, 2.24) is 9.80 Å². The van der Waals surface area contributed by atoms with Crippen LogP contribution < -0.4 is 4.74 Å². The smallest absolute Gasteiger partial charge is 0.410 e. The lowest BCUT2D eigenvalue weighted by atomic mass is 10.3. The molecular weight excluding hydrogens is 220 g/mol. The number of ether oxygens (including phenoxy) is 1. The summed E-state index contributed by atoms with van der Waals surface area (Å²) in [6, 6.07) is 8.73. The van der Waals surface area contributed by atoms with Crippen molar-refractivity contribution >= 4 is 12.0 Å². The van der Waals surface area contributed by atoms with Crippen molar-refractivity contribution in [3.63, 3.8) is 0 Å². The Kier molecular flexibility index (Phi) is 4.51. The lowest BCUT2D eigenvalue weighted by Crippen LogP contribution is -2.39. The third kappa shape index (κ3) is 4.14. The molecular formula is C12H16N2O3. The van der Waals surface area contributed by atoms with Gasteiger partial charge in [-0.2, -0.15) is 0 Å². The van der Waals surface area contributed by atoms with E-state index in [-0.39, 0.29) is 12.5 Å². The zero-order valence-corrected chi connectivity index (χ0v) is 10.2. The normalized spacial score (nSPS) is 9.59. The number of amides is 2. The van der Waals surface area contributed by atoms with Crippen LogP contribution in [0.25, 0.3) is 0 Å². The molecule has 0 radical (unpaired) electrons. The molecule has 0 spiro atoms. The fraction of sp³-hybridized carbons (Fsp3) is 0.333. The summed E-state index contributed by atoms with van der Waals surface area (Å²) >= 11 is 0. The molecule has 0 unspecified atom stereocenters. The predicted octanol–water partition coefficient (Wildman–Crippen LogP) is 1.21. The summed E-state index contributed by atoms with van der Waals surface area (Å²) in [5.74, 6) is 0.305. The van der Waals surface area contributed by atoms with E-state index >= 15 is 0 Å². The first-order valence-electron chi connectivity index (χ1n) is 5.19. The number of hydrogen-bond acceptors (Lipinski definition) is 3. The van der Waals surface area contributed by atoms with Gasteiger partial charge in [-0.05, 0) is 12.1 Å². The summed E-state index contributed by atoms with van der Waals surface area (Å²) in [4.78, 5) is 25.6. The van der Waals surface area contributed by atoms with E-state index in [4.69, 9.17) is 4.74 Å². The summed E-state index contributed by atoms with van der Waals surface area (Å²) in [5, 5.41) is 0. The van der Waals surface area contributed by atoms with Crippen LogP contribution in [-0.4, -0.2) is 49.5 Å². The average Bonchev–Trinajstić information content (AvgIpc) is 2.29. The standard InChI is InChI=1S/C12H16N2O3/c1-13(2)11(15)9-14(3)12(16)17-10-7-5-4-6-8-10/h4-8H,9H2,1-3H3. The SMILES string of the molecule is CN(C)C(=O)CN(C)C(=O)Oc1ccccc1. The number of rotatable bonds is 3. The maximum absolute atomic E-state index is 11.6. The minimum atomic E-state index is -0.550. The van der Waals surface area contributed by atoms with Crippen LogP contribution in [-0.2, 0) is 4.79 Å². The monoisotopic (exact) mass is 236 g/mol. The molecule has 0 fully saturated rings. The Morgan fingerprint density at radius 3 is 2.24 bits per heavy atom. The first-order valence-corrected chi connectivity index (χ1v) is 5.19. The lowest BCUT2D eigenvalue weighted by Gasteiger charge is -2.18. The molecule has 0 atom stereocenters. The zero-order chi connectivity index (χ0) is 12.8. The fourth-order valence-electron chi connectivity index (χ4n) is 1.08. The number of nitrogens with zero attached hydrogens (tertiary/aromatic N) is 2. The summed E-state index contributed by atoms with van der Waals surface area (Å²) in [7, 11) is 4.80. The minimum absolute atomic E-state index is 0.00132. The summed E-state index contributed by atoms with van der Waals surface area (Å²) in [6.45, 7) is -0.00132. The van der Waals surface area contributed by atoms with Crippen LogP contribution in [0.15, 0.2) is 30.3 Å². The molecule has 0 heterocycles. The predicted molar refractivity (Wildman–Crippen MR) is 63.8 cm³/mol. The third-order valence-corrected chi connectivity index (χ3v) is 2.13. The van der Waals surface area contributed by atoms with Gasteiger partial charge in [0.1, 0.15) is 12.3 Å². The minimum Gasteiger partial charge on any atom is -0.410 e. The summed E-state index contributed by atoms with van der Waals surface area (Å²) in [5.41, 5.74) is 0. The van der Waals surface area contributed by atoms with Gasteiger partial charge in [-0.25, -0.2) is 4.79 Å². The molecule has 92 valence electrons. The molecule has 5 heteroatoms. The van der Waals surface area contributed by atoms with Gasteiger partial charge >= 0.3 is 6.09 Å². The van der Waals surface area contributed by atoms with Crippen LogP contribution in [0.3, 0.4) is 0 Å². The number of para-hydroxylation sites is 1. The van der Waals surface area contributed by atoms with Crippen LogP contribution in [0.5, 0.6) is 5.75 Å². The molecule has 0 aromatic heterocycles. The molecule has 2 amide bonds. The molecule has 0 saturated heterocycles. The second kappa shape index (κ2) is 5.89. The van der Waals surface area contributed by atoms with Gasteiger partial charge in [-0.1, -0.05) is 18.2 Å². The van der Waals surface area contributed by atoms with Crippen LogP contribution in [0.4, 0.5) is 4.79 Å². The largest absolute Gasteiger partial charge is 0.415 e. The fourth-order valence-corrected chi connectivity index (χ4v) is 1.08. The Balaban J connectivity index is 2.51. The number of hydrogen-bond donors (Lipinski definition) is 0. The van der Waals surface area contributed by atoms with Gasteiger partial charge in [-0.3, -0.25) is 4.79 Å². The second-order valence-electron chi connectivity index (χ2n) is 3.83. The average molecular weight is 236 g/mol. The molecule has 0 aliphatic carbocycles. The quantitative estimate of drug-likeness (QED) is 0.792. The topological polar surface area (TPSA) is 49.9 Å². The van der Waals surface area contributed by atoms with Crippen LogP contribution in [0.2, 0.25) is 0 Å². The Bertz CT molecular complexity index is 390. The maximum Gasteiger partial charge on any atom is 0.415 e. The summed E-state index contributed by atoms with van der Waals surface area (Å²) in [6.07, 6.45) is -0.550. The van der Waals surface area contributed by atoms with Gasteiger partial charge in [0, 0.05) is 21.1 Å². The van der Waals surface area contributed by atoms with Crippen molar-refractivity contribution in [2.24, 2.45) is 0 Å². The highest BCUT2D eigenvalue weighted by atomic mass is 16.6. The van der Waals surface area contributed by atoms with Crippen molar-refractivity contribution in [3.05, 3.63) is 30.3 Å². The molecule has 1 rings (SSSR count). The van der Waals surface area contributed by atoms with Crippen LogP contribution in [0, 0.1) is 0 Å². The van der Waals surface area contributed by atoms with E-state index in [0.717, 1.165) is 0 Å². The zero-order valence-electron chi connectivity index (χ0n) is 10.2. The maximum atomic E-state index is 11.6. The van der Waals surface area contributed by atoms with Crippen molar-refractivity contribution in [3.8, 4) is 5.75 Å². The first-order chi connectivity index (χ1) is 8.00. The molecule has 17 heavy (non-hydrogen) atoms. The number of benzene rings is 1. The van der Waals surface area contributed by atoms with E-state index < -0.39 is 6.09 Å². The molecule has 0 bridgehead atoms. The van der Waals surface area contributed by atoms with Crippen LogP contribution in [0.1, 0.15) is 0 Å². The highest BCUT2D eigenvalue weighted by Gasteiger charge is 2.15. The van der Waals surface area contributed by atoms with Gasteiger partial charge in [0.15, 0.2) is 0 Å². The molecule has 0 N–H and O–H groups in total. The van der Waals surface area contributed by atoms with Crippen molar-refractivity contribution in [2.45, 2.75) is 0 Å². The van der Waals surface area contributed by atoms with E-state index in [9.17, 15) is 9.59 Å². The molecule has 5 nitrogen and oxygen atoms in total. The number of carbonyl (C=O) groups is 2. The highest BCUT2D eigenvalue weighted by Crippen LogP contribution is 2.09. The van der Waals surface area contributed by atoms with Crippen molar-refractivity contribution in [2.75, 3.05) is 27.7 Å². The van der Waals surface area contributed by atoms with Gasteiger partial charge in [-0.15, -0.1) is 0 Å². The second-order valence-corrected chi connectivity index (χ2v) is 3.83. The van der Waals surface area contributed by atoms with Gasteiger partial charge in [0.2, 0.25) is 5.91 Å². The van der Waals surface area contributed by atoms with E-state index in [2.05, 4.69) is 0 Å². The Hall–Kier alpha value is -2.04. The molecule has 0 aliphatic rings. The third-order valence-electron chi connectivity index (χ3n) is 2.13. The van der Waals surface area contributed by atoms with E-state index in [1.807, 2.05) is 6.07 Å². The van der Waals surface area contributed by atoms with E-state index in [1.165, 1.54) is 16.8 Å². The molecule has 1 aromatic rings. The van der Waals surface area contributed by atoms with Gasteiger partial charge < -0.3 is 14.5 Å².